The molecule has 1 atom stereocenters. The van der Waals surface area contributed by atoms with E-state index in [4.69, 9.17) is 15.9 Å². The van der Waals surface area contributed by atoms with Crippen molar-refractivity contribution < 1.29 is 85.9 Å². The van der Waals surface area contributed by atoms with E-state index in [1.807, 2.05) is 6.92 Å². The molecule has 0 aliphatic rings. The Morgan fingerprint density at radius 1 is 0.759 bits per heavy atom. The van der Waals surface area contributed by atoms with Crippen molar-refractivity contribution in [3.63, 3.8) is 0 Å². The SMILES string of the molecule is CCCCCc1ccc(-c2cc3ccc(OCC(F)(F)OC(F)(F)OC(F)(F)OC(F)(F)COC(=O)C(CC(C)(C)N)C(C)(C)N)cc3oc2=O)c(OC(F)(F)F)c1. The zero-order valence-corrected chi connectivity index (χ0v) is 31.6. The number of aryl methyl sites for hydroxylation is 1. The van der Waals surface area contributed by atoms with Crippen molar-refractivity contribution in [2.24, 2.45) is 17.4 Å². The van der Waals surface area contributed by atoms with E-state index in [9.17, 15) is 57.9 Å². The summed E-state index contributed by atoms with van der Waals surface area (Å²) in [7, 11) is 0. The number of nitrogens with two attached hydrogens (primary N) is 2. The molecule has 0 spiro atoms. The Morgan fingerprint density at radius 2 is 1.36 bits per heavy atom. The maximum atomic E-state index is 14.3. The van der Waals surface area contributed by atoms with Crippen molar-refractivity contribution in [1.29, 1.82) is 0 Å². The van der Waals surface area contributed by atoms with Gasteiger partial charge in [-0.05, 0) is 76.8 Å². The number of rotatable bonds is 21. The van der Waals surface area contributed by atoms with E-state index in [-0.39, 0.29) is 28.5 Å². The zero-order valence-electron chi connectivity index (χ0n) is 31.6. The summed E-state index contributed by atoms with van der Waals surface area (Å²) >= 11 is 0. The van der Waals surface area contributed by atoms with Crippen LogP contribution in [0.1, 0.15) is 65.9 Å². The minimum Gasteiger partial charge on any atom is -0.484 e. The smallest absolute Gasteiger partial charge is 0.484 e. The quantitative estimate of drug-likeness (QED) is 0.0347. The lowest BCUT2D eigenvalue weighted by Crippen LogP contribution is -2.51. The summed E-state index contributed by atoms with van der Waals surface area (Å²) in [6, 6.07) is 7.79. The highest BCUT2D eigenvalue weighted by molar-refractivity contribution is 5.84. The van der Waals surface area contributed by atoms with Crippen molar-refractivity contribution in [3.05, 3.63) is 58.4 Å². The molecule has 0 aliphatic heterocycles. The summed E-state index contributed by atoms with van der Waals surface area (Å²) in [4.78, 5) is 25.3. The molecule has 0 saturated heterocycles. The highest BCUT2D eigenvalue weighted by Crippen LogP contribution is 2.39. The molecule has 58 heavy (non-hydrogen) atoms. The van der Waals surface area contributed by atoms with Gasteiger partial charge in [0, 0.05) is 28.1 Å². The lowest BCUT2D eigenvalue weighted by Gasteiger charge is -2.34. The van der Waals surface area contributed by atoms with E-state index >= 15 is 0 Å². The normalized spacial score (nSPS) is 14.1. The van der Waals surface area contributed by atoms with Gasteiger partial charge in [-0.2, -0.15) is 17.6 Å². The molecule has 0 saturated carbocycles. The second-order valence-electron chi connectivity index (χ2n) is 14.5. The number of benzene rings is 2. The number of unbranched alkanes of at least 4 members (excludes halogenated alkanes) is 2. The molecule has 1 heterocycles. The van der Waals surface area contributed by atoms with Crippen LogP contribution in [0.2, 0.25) is 0 Å². The third-order valence-corrected chi connectivity index (χ3v) is 7.81. The van der Waals surface area contributed by atoms with E-state index in [2.05, 4.69) is 28.4 Å². The van der Waals surface area contributed by atoms with Gasteiger partial charge < -0.3 is 30.1 Å². The van der Waals surface area contributed by atoms with Crippen LogP contribution in [0.5, 0.6) is 11.5 Å². The van der Waals surface area contributed by atoms with Crippen molar-refractivity contribution in [2.75, 3.05) is 13.2 Å². The van der Waals surface area contributed by atoms with Crippen LogP contribution in [-0.2, 0) is 30.2 Å². The first-order valence-electron chi connectivity index (χ1n) is 17.3. The first-order valence-corrected chi connectivity index (χ1v) is 17.3. The van der Waals surface area contributed by atoms with Crippen molar-refractivity contribution in [1.82, 2.24) is 0 Å². The molecule has 3 aromatic rings. The molecule has 4 N–H and O–H groups in total. The molecule has 0 amide bonds. The average Bonchev–Trinajstić information content (AvgIpc) is 3.02. The van der Waals surface area contributed by atoms with Crippen LogP contribution in [0, 0.1) is 5.92 Å². The van der Waals surface area contributed by atoms with E-state index in [1.54, 1.807) is 0 Å². The van der Waals surface area contributed by atoms with Crippen LogP contribution >= 0.6 is 0 Å². The van der Waals surface area contributed by atoms with Crippen LogP contribution in [0.15, 0.2) is 51.7 Å². The van der Waals surface area contributed by atoms with Gasteiger partial charge in [-0.15, -0.1) is 30.7 Å². The van der Waals surface area contributed by atoms with E-state index < -0.39 is 84.5 Å². The van der Waals surface area contributed by atoms with E-state index in [0.29, 0.717) is 18.4 Å². The van der Waals surface area contributed by atoms with Crippen molar-refractivity contribution in [3.8, 4) is 22.6 Å². The molecular weight excluding hydrogens is 813 g/mol. The fourth-order valence-corrected chi connectivity index (χ4v) is 5.29. The van der Waals surface area contributed by atoms with Crippen LogP contribution in [0.4, 0.5) is 48.3 Å². The lowest BCUT2D eigenvalue weighted by atomic mass is 9.80. The molecule has 0 bridgehead atoms. The number of hydrogen-bond acceptors (Lipinski definition) is 11. The predicted octanol–water partition coefficient (Wildman–Crippen LogP) is 8.83. The van der Waals surface area contributed by atoms with Gasteiger partial charge in [-0.25, -0.2) is 19.0 Å². The molecule has 22 heteroatoms. The molecule has 2 aromatic carbocycles. The van der Waals surface area contributed by atoms with Gasteiger partial charge in [-0.1, -0.05) is 31.9 Å². The van der Waals surface area contributed by atoms with Gasteiger partial charge in [0.2, 0.25) is 0 Å². The standard InChI is InChI=1S/C36H41F11N2O9/c1-6-7-8-9-20-10-13-23(27(14-20)55-34(41,42)43)24-15-21-11-12-22(16-26(21)54-28(24)50)52-18-32(37,38)56-35(44,45)58-36(46,47)57-33(39,40)19-53-29(51)25(31(4,5)49)17-30(2,3)48/h10-16,25H,6-9,17-19,48-49H2,1-5H3. The Labute approximate surface area is 323 Å². The minimum absolute atomic E-state index is 0.0196. The molecule has 0 fully saturated rings. The number of hydrogen-bond donors (Lipinski definition) is 2. The third-order valence-electron chi connectivity index (χ3n) is 7.81. The molecule has 11 nitrogen and oxygen atoms in total. The summed E-state index contributed by atoms with van der Waals surface area (Å²) in [6.45, 7) is 3.07. The average molecular weight is 855 g/mol. The van der Waals surface area contributed by atoms with Crippen LogP contribution < -0.4 is 26.6 Å². The molecule has 3 rings (SSSR count). The topological polar surface area (TPSA) is 155 Å². The number of alkyl halides is 11. The van der Waals surface area contributed by atoms with E-state index in [1.165, 1.54) is 39.8 Å². The molecule has 1 aromatic heterocycles. The van der Waals surface area contributed by atoms with Crippen LogP contribution in [0.3, 0.4) is 0 Å². The maximum absolute atomic E-state index is 14.3. The summed E-state index contributed by atoms with van der Waals surface area (Å²) < 4.78 is 180. The van der Waals surface area contributed by atoms with Gasteiger partial charge in [-0.3, -0.25) is 4.79 Å². The number of fused-ring (bicyclic) bond motifs is 1. The summed E-state index contributed by atoms with van der Waals surface area (Å²) in [5, 5.41) is 0.0196. The molecule has 0 radical (unpaired) electrons. The second-order valence-corrected chi connectivity index (χ2v) is 14.5. The summed E-state index contributed by atoms with van der Waals surface area (Å²) in [6.07, 6.45) is -25.0. The first kappa shape index (κ1) is 48.1. The Bertz CT molecular complexity index is 1930. The van der Waals surface area contributed by atoms with Crippen molar-refractivity contribution in [2.45, 2.75) is 109 Å². The molecule has 1 unspecified atom stereocenters. The molecule has 326 valence electrons. The van der Waals surface area contributed by atoms with Crippen molar-refractivity contribution >= 4 is 16.9 Å². The van der Waals surface area contributed by atoms with Gasteiger partial charge in [0.15, 0.2) is 13.2 Å². The monoisotopic (exact) mass is 854 g/mol. The van der Waals surface area contributed by atoms with E-state index in [0.717, 1.165) is 43.2 Å². The van der Waals surface area contributed by atoms with Gasteiger partial charge >= 0.3 is 42.8 Å². The largest absolute Gasteiger partial charge is 0.573 e. The highest BCUT2D eigenvalue weighted by Gasteiger charge is 2.57. The van der Waals surface area contributed by atoms with Crippen LogP contribution in [-0.4, -0.2) is 61.4 Å². The maximum Gasteiger partial charge on any atom is 0.573 e. The number of ether oxygens (including phenoxy) is 6. The summed E-state index contributed by atoms with van der Waals surface area (Å²) in [5.41, 5.74) is 7.45. The fourth-order valence-electron chi connectivity index (χ4n) is 5.29. The summed E-state index contributed by atoms with van der Waals surface area (Å²) in [5.74, 6) is -4.08. The Hall–Kier alpha value is -4.25. The van der Waals surface area contributed by atoms with Crippen LogP contribution in [0.25, 0.3) is 22.1 Å². The Kier molecular flexibility index (Phi) is 14.9. The second kappa shape index (κ2) is 17.9. The minimum atomic E-state index is -6.03. The highest BCUT2D eigenvalue weighted by atomic mass is 19.4. The number of carbonyl (C=O) groups excluding carboxylic acids is 1. The zero-order chi connectivity index (χ0) is 44.1. The first-order chi connectivity index (χ1) is 26.3. The molecule has 0 aliphatic carbocycles. The van der Waals surface area contributed by atoms with Gasteiger partial charge in [0.25, 0.3) is 0 Å². The van der Waals surface area contributed by atoms with Gasteiger partial charge in [0.1, 0.15) is 17.1 Å². The number of carbonyl (C=O) groups is 1. The fraction of sp³-hybridized carbons (Fsp3) is 0.556. The third kappa shape index (κ3) is 15.5. The Balaban J connectivity index is 1.68. The Morgan fingerprint density at radius 3 is 1.91 bits per heavy atom. The number of esters is 1. The molecular formula is C36H41F11N2O9. The predicted molar refractivity (Wildman–Crippen MR) is 182 cm³/mol. The van der Waals surface area contributed by atoms with Gasteiger partial charge in [0.05, 0.1) is 11.5 Å². The lowest BCUT2D eigenvalue weighted by molar-refractivity contribution is -0.574. The number of halogens is 11.